The van der Waals surface area contributed by atoms with Crippen LogP contribution in [-0.4, -0.2) is 54.1 Å². The second-order valence-corrected chi connectivity index (χ2v) is 6.33. The van der Waals surface area contributed by atoms with Crippen molar-refractivity contribution in [3.8, 4) is 0 Å². The van der Waals surface area contributed by atoms with Crippen LogP contribution in [0.4, 0.5) is 11.6 Å². The van der Waals surface area contributed by atoms with Crippen LogP contribution in [0.1, 0.15) is 37.6 Å². The Kier molecular flexibility index (Phi) is 4.02. The first-order valence-electron chi connectivity index (χ1n) is 8.16. The van der Waals surface area contributed by atoms with Crippen LogP contribution in [0.5, 0.6) is 0 Å². The molecule has 0 amide bonds. The molecule has 0 radical (unpaired) electrons. The van der Waals surface area contributed by atoms with E-state index >= 15 is 0 Å². The van der Waals surface area contributed by atoms with E-state index in [9.17, 15) is 0 Å². The molecule has 0 saturated carbocycles. The van der Waals surface area contributed by atoms with Crippen LogP contribution in [0.25, 0.3) is 0 Å². The average molecular weight is 289 g/mol. The van der Waals surface area contributed by atoms with Gasteiger partial charge in [0.25, 0.3) is 0 Å². The van der Waals surface area contributed by atoms with Crippen LogP contribution in [0, 0.1) is 6.92 Å². The number of fused-ring (bicyclic) bond motifs is 2. The fourth-order valence-electron chi connectivity index (χ4n) is 3.76. The molecule has 0 spiro atoms. The third-order valence-corrected chi connectivity index (χ3v) is 5.17. The van der Waals surface area contributed by atoms with Gasteiger partial charge in [0.15, 0.2) is 0 Å². The molecule has 2 unspecified atom stereocenters. The summed E-state index contributed by atoms with van der Waals surface area (Å²) >= 11 is 0. The molecule has 0 aromatic carbocycles. The van der Waals surface area contributed by atoms with Crippen molar-refractivity contribution in [2.75, 3.05) is 37.4 Å². The van der Waals surface area contributed by atoms with E-state index in [1.54, 1.807) is 0 Å². The first kappa shape index (κ1) is 14.6. The quantitative estimate of drug-likeness (QED) is 0.923. The van der Waals surface area contributed by atoms with Crippen molar-refractivity contribution in [2.24, 2.45) is 0 Å². The van der Waals surface area contributed by atoms with E-state index in [0.717, 1.165) is 43.0 Å². The van der Waals surface area contributed by atoms with E-state index in [0.29, 0.717) is 6.04 Å². The summed E-state index contributed by atoms with van der Waals surface area (Å²) < 4.78 is 0. The zero-order valence-corrected chi connectivity index (χ0v) is 13.7. The molecule has 2 fully saturated rings. The third kappa shape index (κ3) is 2.59. The van der Waals surface area contributed by atoms with Gasteiger partial charge in [0.05, 0.1) is 0 Å². The second-order valence-electron chi connectivity index (χ2n) is 6.33. The van der Waals surface area contributed by atoms with Crippen molar-refractivity contribution in [3.63, 3.8) is 0 Å². The van der Waals surface area contributed by atoms with E-state index in [2.05, 4.69) is 41.0 Å². The molecule has 116 valence electrons. The van der Waals surface area contributed by atoms with Crippen LogP contribution in [0.3, 0.4) is 0 Å². The van der Waals surface area contributed by atoms with Crippen molar-refractivity contribution >= 4 is 11.6 Å². The summed E-state index contributed by atoms with van der Waals surface area (Å²) in [6.45, 7) is 6.45. The van der Waals surface area contributed by atoms with Crippen LogP contribution in [0.15, 0.2) is 0 Å². The molecule has 2 aliphatic heterocycles. The monoisotopic (exact) mass is 289 g/mol. The topological polar surface area (TPSA) is 44.3 Å². The summed E-state index contributed by atoms with van der Waals surface area (Å²) in [7, 11) is 4.23. The molecule has 2 aliphatic rings. The van der Waals surface area contributed by atoms with Gasteiger partial charge in [0, 0.05) is 44.2 Å². The van der Waals surface area contributed by atoms with Gasteiger partial charge in [-0.25, -0.2) is 9.97 Å². The molecule has 1 aromatic heterocycles. The number of likely N-dealkylation sites (N-methyl/N-ethyl adjacent to an activating group) is 1. The van der Waals surface area contributed by atoms with Crippen molar-refractivity contribution in [3.05, 3.63) is 11.4 Å². The number of nitrogens with zero attached hydrogens (tertiary/aromatic N) is 4. The molecule has 3 rings (SSSR count). The second kappa shape index (κ2) is 5.79. The van der Waals surface area contributed by atoms with Crippen molar-refractivity contribution in [2.45, 2.75) is 51.6 Å². The first-order valence-corrected chi connectivity index (χ1v) is 8.16. The number of aryl methyl sites for hydroxylation is 1. The van der Waals surface area contributed by atoms with Crippen molar-refractivity contribution < 1.29 is 0 Å². The van der Waals surface area contributed by atoms with E-state index in [1.807, 2.05) is 7.05 Å². The Morgan fingerprint density at radius 2 is 1.95 bits per heavy atom. The van der Waals surface area contributed by atoms with Gasteiger partial charge in [-0.2, -0.15) is 0 Å². The van der Waals surface area contributed by atoms with Crippen LogP contribution < -0.4 is 10.2 Å². The zero-order chi connectivity index (χ0) is 15.0. The molecular weight excluding hydrogens is 262 g/mol. The minimum absolute atomic E-state index is 0.676. The number of hydrogen-bond donors (Lipinski definition) is 1. The maximum absolute atomic E-state index is 4.83. The lowest BCUT2D eigenvalue weighted by atomic mass is 10.1. The van der Waals surface area contributed by atoms with Gasteiger partial charge in [-0.3, -0.25) is 4.90 Å². The summed E-state index contributed by atoms with van der Waals surface area (Å²) in [4.78, 5) is 14.5. The molecule has 21 heavy (non-hydrogen) atoms. The number of nitrogens with one attached hydrogen (secondary N) is 1. The highest BCUT2D eigenvalue weighted by molar-refractivity contribution is 5.58. The number of hydrogen-bond acceptors (Lipinski definition) is 5. The molecule has 3 heterocycles. The highest BCUT2D eigenvalue weighted by Crippen LogP contribution is 2.32. The lowest BCUT2D eigenvalue weighted by molar-refractivity contribution is 0.254. The van der Waals surface area contributed by atoms with E-state index in [4.69, 9.17) is 4.98 Å². The fourth-order valence-corrected chi connectivity index (χ4v) is 3.76. The number of aromatic nitrogens is 2. The summed E-state index contributed by atoms with van der Waals surface area (Å²) in [6.07, 6.45) is 4.80. The Labute approximate surface area is 127 Å². The SMILES string of the molecule is CCc1nc(NC)c(C)c(N2CCC3CCC(C2)N3C)n1. The van der Waals surface area contributed by atoms with Gasteiger partial charge in [-0.1, -0.05) is 6.92 Å². The summed E-state index contributed by atoms with van der Waals surface area (Å²) in [6, 6.07) is 1.44. The summed E-state index contributed by atoms with van der Waals surface area (Å²) in [5, 5.41) is 3.22. The van der Waals surface area contributed by atoms with E-state index in [1.165, 1.54) is 24.8 Å². The molecule has 1 N–H and O–H groups in total. The molecule has 0 aliphatic carbocycles. The Morgan fingerprint density at radius 1 is 1.19 bits per heavy atom. The van der Waals surface area contributed by atoms with E-state index < -0.39 is 0 Å². The lowest BCUT2D eigenvalue weighted by Crippen LogP contribution is -2.37. The average Bonchev–Trinajstić information content (AvgIpc) is 2.73. The van der Waals surface area contributed by atoms with Crippen molar-refractivity contribution in [1.29, 1.82) is 0 Å². The molecule has 2 saturated heterocycles. The Balaban J connectivity index is 1.92. The maximum Gasteiger partial charge on any atom is 0.137 e. The number of anilines is 2. The highest BCUT2D eigenvalue weighted by Gasteiger charge is 2.35. The standard InChI is InChI=1S/C16H27N5/c1-5-14-18-15(17-3)11(2)16(19-14)21-9-8-12-6-7-13(10-21)20(12)4/h12-13H,5-10H2,1-4H3,(H,17,18,19). The lowest BCUT2D eigenvalue weighted by Gasteiger charge is -2.28. The largest absolute Gasteiger partial charge is 0.373 e. The normalized spacial score (nSPS) is 26.0. The molecule has 2 bridgehead atoms. The van der Waals surface area contributed by atoms with Crippen LogP contribution >= 0.6 is 0 Å². The van der Waals surface area contributed by atoms with E-state index in [-0.39, 0.29) is 0 Å². The van der Waals surface area contributed by atoms with Gasteiger partial charge in [-0.15, -0.1) is 0 Å². The Morgan fingerprint density at radius 3 is 2.67 bits per heavy atom. The highest BCUT2D eigenvalue weighted by atomic mass is 15.3. The Bertz CT molecular complexity index is 516. The third-order valence-electron chi connectivity index (χ3n) is 5.17. The first-order chi connectivity index (χ1) is 10.1. The molecule has 2 atom stereocenters. The minimum atomic E-state index is 0.676. The predicted octanol–water partition coefficient (Wildman–Crippen LogP) is 2.06. The summed E-state index contributed by atoms with van der Waals surface area (Å²) in [5.74, 6) is 3.04. The molecule has 5 nitrogen and oxygen atoms in total. The molecule has 1 aromatic rings. The summed E-state index contributed by atoms with van der Waals surface area (Å²) in [5.41, 5.74) is 1.18. The zero-order valence-electron chi connectivity index (χ0n) is 13.7. The van der Waals surface area contributed by atoms with Gasteiger partial charge in [0.1, 0.15) is 17.5 Å². The minimum Gasteiger partial charge on any atom is -0.373 e. The maximum atomic E-state index is 4.83. The molecular formula is C16H27N5. The number of rotatable bonds is 3. The van der Waals surface area contributed by atoms with Crippen LogP contribution in [0.2, 0.25) is 0 Å². The van der Waals surface area contributed by atoms with Gasteiger partial charge in [0.2, 0.25) is 0 Å². The van der Waals surface area contributed by atoms with Gasteiger partial charge < -0.3 is 10.2 Å². The smallest absolute Gasteiger partial charge is 0.137 e. The molecule has 5 heteroatoms. The predicted molar refractivity (Wildman–Crippen MR) is 87.1 cm³/mol. The van der Waals surface area contributed by atoms with Crippen LogP contribution in [-0.2, 0) is 6.42 Å². The van der Waals surface area contributed by atoms with Gasteiger partial charge >= 0.3 is 0 Å². The van der Waals surface area contributed by atoms with Crippen molar-refractivity contribution in [1.82, 2.24) is 14.9 Å². The Hall–Kier alpha value is -1.36. The fraction of sp³-hybridized carbons (Fsp3) is 0.750. The van der Waals surface area contributed by atoms with Gasteiger partial charge in [-0.05, 0) is 33.2 Å².